The van der Waals surface area contributed by atoms with E-state index < -0.39 is 75.1 Å². The van der Waals surface area contributed by atoms with Crippen LogP contribution in [0.15, 0.2) is 11.6 Å². The normalized spacial score (nSPS) is 60.3. The van der Waals surface area contributed by atoms with Crippen molar-refractivity contribution in [3.05, 3.63) is 11.6 Å². The molecule has 0 radical (unpaired) electrons. The van der Waals surface area contributed by atoms with Crippen LogP contribution >= 0.6 is 0 Å². The molecule has 3 aliphatic heterocycles. The van der Waals surface area contributed by atoms with Crippen molar-refractivity contribution in [1.82, 2.24) is 4.90 Å². The van der Waals surface area contributed by atoms with Crippen molar-refractivity contribution in [3.63, 3.8) is 0 Å². The lowest BCUT2D eigenvalue weighted by Crippen LogP contribution is -2.85. The van der Waals surface area contributed by atoms with E-state index >= 15 is 0 Å². The number of ether oxygens (including phenoxy) is 2. The molecule has 0 aromatic rings. The minimum atomic E-state index is -2.06. The van der Waals surface area contributed by atoms with E-state index in [1.807, 2.05) is 6.92 Å². The second-order valence-electron chi connectivity index (χ2n) is 15.7. The molecule has 0 aromatic heterocycles. The van der Waals surface area contributed by atoms with Crippen molar-refractivity contribution in [2.75, 3.05) is 13.1 Å². The van der Waals surface area contributed by atoms with Gasteiger partial charge in [-0.2, -0.15) is 0 Å². The Balaban J connectivity index is 1.32. The lowest BCUT2D eigenvalue weighted by molar-refractivity contribution is -0.354. The molecule has 42 heavy (non-hydrogen) atoms. The number of aliphatic hydroxyl groups excluding tert-OH is 1. The lowest BCUT2D eigenvalue weighted by Gasteiger charge is -2.68. The van der Waals surface area contributed by atoms with Gasteiger partial charge in [-0.25, -0.2) is 4.79 Å². The second-order valence-corrected chi connectivity index (χ2v) is 15.7. The highest BCUT2D eigenvalue weighted by molar-refractivity contribution is 5.87. The molecular weight excluding hydrogens is 542 g/mol. The van der Waals surface area contributed by atoms with Gasteiger partial charge in [0.15, 0.2) is 6.10 Å². The topological polar surface area (TPSA) is 160 Å². The summed E-state index contributed by atoms with van der Waals surface area (Å²) in [6.45, 7) is 10.1. The highest BCUT2D eigenvalue weighted by Crippen LogP contribution is 2.78. The number of carbonyl (C=O) groups excluding carboxylic acids is 1. The summed E-state index contributed by atoms with van der Waals surface area (Å²) in [4.78, 5) is 14.9. The first-order chi connectivity index (χ1) is 19.5. The maximum Gasteiger partial charge on any atom is 0.333 e. The average Bonchev–Trinajstić information content (AvgIpc) is 3.09. The zero-order valence-electron chi connectivity index (χ0n) is 25.5. The van der Waals surface area contributed by atoms with Crippen molar-refractivity contribution in [3.8, 4) is 0 Å². The van der Waals surface area contributed by atoms with Gasteiger partial charge in [0.05, 0.1) is 11.7 Å². The Kier molecular flexibility index (Phi) is 6.04. The molecule has 14 unspecified atom stereocenters. The van der Waals surface area contributed by atoms with E-state index in [-0.39, 0.29) is 25.4 Å². The molecule has 10 nitrogen and oxygen atoms in total. The summed E-state index contributed by atoms with van der Waals surface area (Å²) in [5, 5.41) is 73.9. The number of hydrogen-bond acceptors (Lipinski definition) is 10. The quantitative estimate of drug-likeness (QED) is 0.202. The summed E-state index contributed by atoms with van der Waals surface area (Å²) in [6, 6.07) is -0.387. The van der Waals surface area contributed by atoms with E-state index in [2.05, 4.69) is 11.8 Å². The first kappa shape index (κ1) is 29.6. The maximum absolute atomic E-state index is 12.9. The highest BCUT2D eigenvalue weighted by atomic mass is 16.7. The number of hydrogen-bond donors (Lipinski definition) is 6. The van der Waals surface area contributed by atoms with Gasteiger partial charge in [-0.3, -0.25) is 4.90 Å². The van der Waals surface area contributed by atoms with Crippen molar-refractivity contribution in [2.45, 2.75) is 138 Å². The largest absolute Gasteiger partial charge is 0.453 e. The van der Waals surface area contributed by atoms with Crippen LogP contribution in [-0.2, 0) is 14.3 Å². The molecule has 0 amide bonds. The summed E-state index contributed by atoms with van der Waals surface area (Å²) < 4.78 is 12.6. The predicted molar refractivity (Wildman–Crippen MR) is 150 cm³/mol. The molecule has 7 rings (SSSR count). The molecule has 1 spiro atoms. The Morgan fingerprint density at radius 3 is 2.33 bits per heavy atom. The second kappa shape index (κ2) is 8.57. The van der Waals surface area contributed by atoms with Gasteiger partial charge in [-0.05, 0) is 65.2 Å². The van der Waals surface area contributed by atoms with Crippen molar-refractivity contribution >= 4 is 5.97 Å². The van der Waals surface area contributed by atoms with Gasteiger partial charge in [-0.1, -0.05) is 19.9 Å². The summed E-state index contributed by atoms with van der Waals surface area (Å²) in [6.07, 6.45) is 2.30. The van der Waals surface area contributed by atoms with Crippen LogP contribution in [0, 0.1) is 29.1 Å². The fourth-order valence-electron chi connectivity index (χ4n) is 11.8. The standard InChI is InChI=1S/C32H49NO9/c1-6-18(3)25(35)41-24-11-12-26(4)19-8-9-20-28(37)13-23(34)31(39)21(29(28,38)16-30(20,26)42-32(19,24)40)15-33-14-17(2)7-10-22(33)27(31,5)36/h6,17,19-24,34,36-40H,7-16H2,1-5H3/b18-6+. The fraction of sp³-hybridized carbons (Fsp3) is 0.906. The zero-order valence-corrected chi connectivity index (χ0v) is 25.5. The molecule has 7 fully saturated rings. The number of aliphatic hydroxyl groups is 6. The molecule has 3 heterocycles. The molecular formula is C32H49NO9. The monoisotopic (exact) mass is 591 g/mol. The number of allylic oxidation sites excluding steroid dienone is 1. The minimum Gasteiger partial charge on any atom is -0.453 e. The lowest BCUT2D eigenvalue weighted by atomic mass is 9.49. The number of carbonyl (C=O) groups is 1. The van der Waals surface area contributed by atoms with Gasteiger partial charge in [0.25, 0.3) is 0 Å². The molecule has 6 N–H and O–H groups in total. The van der Waals surface area contributed by atoms with E-state index in [1.165, 1.54) is 0 Å². The molecule has 4 bridgehead atoms. The molecule has 0 aromatic carbocycles. The Morgan fingerprint density at radius 2 is 1.64 bits per heavy atom. The van der Waals surface area contributed by atoms with E-state index in [0.29, 0.717) is 50.1 Å². The van der Waals surface area contributed by atoms with Crippen LogP contribution in [0.3, 0.4) is 0 Å². The molecule has 4 aliphatic carbocycles. The van der Waals surface area contributed by atoms with Crippen LogP contribution in [0.4, 0.5) is 0 Å². The predicted octanol–water partition coefficient (Wildman–Crippen LogP) is 0.991. The summed E-state index contributed by atoms with van der Waals surface area (Å²) in [5.41, 5.74) is -8.96. The van der Waals surface area contributed by atoms with Crippen molar-refractivity contribution < 1.29 is 44.9 Å². The van der Waals surface area contributed by atoms with Gasteiger partial charge in [0.2, 0.25) is 5.79 Å². The molecule has 14 atom stereocenters. The SMILES string of the molecule is C/C=C(\C)C(=O)OC1CCC2(C)C3CCC4C5(O)CC(O)C6(O)C(CN7CC(C)CCC7C6(C)O)C5(O)CC42OC13O. The van der Waals surface area contributed by atoms with Crippen LogP contribution in [0.25, 0.3) is 0 Å². The zero-order chi connectivity index (χ0) is 30.5. The fourth-order valence-corrected chi connectivity index (χ4v) is 11.8. The van der Waals surface area contributed by atoms with Crippen LogP contribution in [0.5, 0.6) is 0 Å². The van der Waals surface area contributed by atoms with Crippen LogP contribution in [0.1, 0.15) is 86.0 Å². The number of rotatable bonds is 2. The molecule has 7 aliphatic rings. The highest BCUT2D eigenvalue weighted by Gasteiger charge is 2.88. The molecule has 3 saturated heterocycles. The van der Waals surface area contributed by atoms with Gasteiger partial charge in [-0.15, -0.1) is 0 Å². The van der Waals surface area contributed by atoms with Gasteiger partial charge >= 0.3 is 5.97 Å². The summed E-state index contributed by atoms with van der Waals surface area (Å²) in [7, 11) is 0. The van der Waals surface area contributed by atoms with Gasteiger partial charge in [0.1, 0.15) is 22.4 Å². The van der Waals surface area contributed by atoms with Crippen LogP contribution in [0.2, 0.25) is 0 Å². The van der Waals surface area contributed by atoms with E-state index in [1.54, 1.807) is 26.8 Å². The third kappa shape index (κ3) is 3.07. The van der Waals surface area contributed by atoms with Crippen molar-refractivity contribution in [1.29, 1.82) is 0 Å². The van der Waals surface area contributed by atoms with Gasteiger partial charge in [0, 0.05) is 60.7 Å². The molecule has 10 heteroatoms. The number of piperidine rings is 2. The molecule has 4 saturated carbocycles. The number of fused-ring (bicyclic) bond motifs is 5. The Hall–Kier alpha value is -1.11. The number of nitrogens with zero attached hydrogens (tertiary/aromatic N) is 1. The van der Waals surface area contributed by atoms with E-state index in [9.17, 15) is 35.4 Å². The summed E-state index contributed by atoms with van der Waals surface area (Å²) in [5.74, 6) is -4.05. The molecule has 236 valence electrons. The third-order valence-corrected chi connectivity index (χ3v) is 14.1. The Labute approximate surface area is 247 Å². The smallest absolute Gasteiger partial charge is 0.333 e. The van der Waals surface area contributed by atoms with E-state index in [0.717, 1.165) is 6.42 Å². The van der Waals surface area contributed by atoms with Crippen LogP contribution < -0.4 is 0 Å². The summed E-state index contributed by atoms with van der Waals surface area (Å²) >= 11 is 0. The average molecular weight is 592 g/mol. The van der Waals surface area contributed by atoms with Crippen LogP contribution in [-0.4, -0.2) is 107 Å². The first-order valence-corrected chi connectivity index (χ1v) is 16.0. The van der Waals surface area contributed by atoms with E-state index in [4.69, 9.17) is 9.47 Å². The third-order valence-electron chi connectivity index (χ3n) is 14.1. The minimum absolute atomic E-state index is 0.0606. The Bertz CT molecular complexity index is 1220. The van der Waals surface area contributed by atoms with Crippen molar-refractivity contribution in [2.24, 2.45) is 29.1 Å². The maximum atomic E-state index is 12.9. The first-order valence-electron chi connectivity index (χ1n) is 16.0. The Morgan fingerprint density at radius 1 is 0.952 bits per heavy atom. The number of esters is 1. The van der Waals surface area contributed by atoms with Gasteiger partial charge < -0.3 is 40.1 Å².